The SMILES string of the molecule is Cc1cc(C(C)(C)C)cc(C)c1C1(Br)COC1. The highest BCUT2D eigenvalue weighted by molar-refractivity contribution is 9.09. The van der Waals surface area contributed by atoms with Gasteiger partial charge in [0.1, 0.15) is 0 Å². The fraction of sp³-hybridized carbons (Fsp3) is 0.600. The van der Waals surface area contributed by atoms with E-state index in [1.165, 1.54) is 22.3 Å². The molecule has 0 amide bonds. The quantitative estimate of drug-likeness (QED) is 0.705. The molecule has 2 heteroatoms. The van der Waals surface area contributed by atoms with Gasteiger partial charge in [-0.2, -0.15) is 0 Å². The zero-order valence-corrected chi connectivity index (χ0v) is 12.9. The summed E-state index contributed by atoms with van der Waals surface area (Å²) >= 11 is 3.83. The van der Waals surface area contributed by atoms with Crippen LogP contribution in [0.1, 0.15) is 43.0 Å². The third-order valence-electron chi connectivity index (χ3n) is 3.51. The Morgan fingerprint density at radius 1 is 1.12 bits per heavy atom. The van der Waals surface area contributed by atoms with E-state index in [4.69, 9.17) is 4.74 Å². The topological polar surface area (TPSA) is 9.23 Å². The lowest BCUT2D eigenvalue weighted by Crippen LogP contribution is -2.42. The van der Waals surface area contributed by atoms with E-state index < -0.39 is 0 Å². The van der Waals surface area contributed by atoms with Gasteiger partial charge in [0, 0.05) is 0 Å². The number of hydrogen-bond acceptors (Lipinski definition) is 1. The first-order chi connectivity index (χ1) is 7.74. The molecule has 1 fully saturated rings. The van der Waals surface area contributed by atoms with Gasteiger partial charge in [-0.25, -0.2) is 0 Å². The second-order valence-electron chi connectivity index (χ2n) is 6.19. The maximum absolute atomic E-state index is 5.35. The maximum Gasteiger partial charge on any atom is 0.0976 e. The van der Waals surface area contributed by atoms with Crippen molar-refractivity contribution < 1.29 is 4.74 Å². The maximum atomic E-state index is 5.35. The molecule has 1 aromatic carbocycles. The van der Waals surface area contributed by atoms with Gasteiger partial charge in [0.05, 0.1) is 17.5 Å². The number of rotatable bonds is 1. The summed E-state index contributed by atoms with van der Waals surface area (Å²) in [7, 11) is 0. The lowest BCUT2D eigenvalue weighted by Gasteiger charge is -2.39. The largest absolute Gasteiger partial charge is 0.378 e. The zero-order chi connectivity index (χ0) is 12.8. The third kappa shape index (κ3) is 2.30. The van der Waals surface area contributed by atoms with Crippen LogP contribution in [0.4, 0.5) is 0 Å². The van der Waals surface area contributed by atoms with Gasteiger partial charge in [-0.3, -0.25) is 0 Å². The highest BCUT2D eigenvalue weighted by Gasteiger charge is 2.40. The zero-order valence-electron chi connectivity index (χ0n) is 11.4. The van der Waals surface area contributed by atoms with Gasteiger partial charge in [0.15, 0.2) is 0 Å². The van der Waals surface area contributed by atoms with Crippen LogP contribution < -0.4 is 0 Å². The summed E-state index contributed by atoms with van der Waals surface area (Å²) in [5.74, 6) is 0. The van der Waals surface area contributed by atoms with Crippen molar-refractivity contribution in [3.8, 4) is 0 Å². The number of alkyl halides is 1. The molecule has 0 unspecified atom stereocenters. The Bertz CT molecular complexity index is 416. The van der Waals surface area contributed by atoms with Crippen LogP contribution in [0, 0.1) is 13.8 Å². The molecule has 1 aliphatic heterocycles. The molecular weight excluding hydrogens is 276 g/mol. The molecule has 0 radical (unpaired) electrons. The molecule has 94 valence electrons. The molecule has 0 spiro atoms. The molecular formula is C15H21BrO. The smallest absolute Gasteiger partial charge is 0.0976 e. The van der Waals surface area contributed by atoms with Crippen LogP contribution in [-0.2, 0) is 14.5 Å². The van der Waals surface area contributed by atoms with E-state index in [-0.39, 0.29) is 9.74 Å². The van der Waals surface area contributed by atoms with Crippen LogP contribution in [0.2, 0.25) is 0 Å². The fourth-order valence-electron chi connectivity index (χ4n) is 2.53. The lowest BCUT2D eigenvalue weighted by molar-refractivity contribution is -0.00752. The highest BCUT2D eigenvalue weighted by Crippen LogP contribution is 2.43. The molecule has 0 saturated carbocycles. The molecule has 0 bridgehead atoms. The van der Waals surface area contributed by atoms with E-state index in [1.54, 1.807) is 0 Å². The average molecular weight is 297 g/mol. The van der Waals surface area contributed by atoms with Crippen molar-refractivity contribution in [1.82, 2.24) is 0 Å². The molecule has 0 aromatic heterocycles. The van der Waals surface area contributed by atoms with Crippen LogP contribution in [0.15, 0.2) is 12.1 Å². The van der Waals surface area contributed by atoms with Crippen molar-refractivity contribution in [2.45, 2.75) is 44.4 Å². The van der Waals surface area contributed by atoms with E-state index in [0.29, 0.717) is 0 Å². The van der Waals surface area contributed by atoms with E-state index in [0.717, 1.165) is 13.2 Å². The Kier molecular flexibility index (Phi) is 3.16. The van der Waals surface area contributed by atoms with Crippen molar-refractivity contribution in [2.24, 2.45) is 0 Å². The number of ether oxygens (including phenoxy) is 1. The summed E-state index contributed by atoms with van der Waals surface area (Å²) in [5.41, 5.74) is 5.78. The first-order valence-corrected chi connectivity index (χ1v) is 6.92. The number of halogens is 1. The monoisotopic (exact) mass is 296 g/mol. The molecule has 1 heterocycles. The standard InChI is InChI=1S/C15H21BrO/c1-10-6-12(14(3,4)5)7-11(2)13(10)15(16)8-17-9-15/h6-7H,8-9H2,1-5H3. The van der Waals surface area contributed by atoms with E-state index >= 15 is 0 Å². The van der Waals surface area contributed by atoms with Gasteiger partial charge in [-0.05, 0) is 41.5 Å². The number of hydrogen-bond donors (Lipinski definition) is 0. The summed E-state index contributed by atoms with van der Waals surface area (Å²) < 4.78 is 5.41. The number of benzene rings is 1. The molecule has 1 nitrogen and oxygen atoms in total. The van der Waals surface area contributed by atoms with E-state index in [2.05, 4.69) is 62.7 Å². The Morgan fingerprint density at radius 2 is 1.59 bits per heavy atom. The second-order valence-corrected chi connectivity index (χ2v) is 7.71. The molecule has 2 rings (SSSR count). The summed E-state index contributed by atoms with van der Waals surface area (Å²) in [5, 5.41) is 0. The van der Waals surface area contributed by atoms with Crippen LogP contribution in [0.3, 0.4) is 0 Å². The summed E-state index contributed by atoms with van der Waals surface area (Å²) in [4.78, 5) is 0. The van der Waals surface area contributed by atoms with Gasteiger partial charge < -0.3 is 4.74 Å². The Balaban J connectivity index is 2.50. The molecule has 1 aliphatic rings. The van der Waals surface area contributed by atoms with Crippen molar-refractivity contribution in [3.05, 3.63) is 34.4 Å². The van der Waals surface area contributed by atoms with Gasteiger partial charge in [-0.15, -0.1) is 0 Å². The van der Waals surface area contributed by atoms with Gasteiger partial charge >= 0.3 is 0 Å². The average Bonchev–Trinajstić information content (AvgIpc) is 2.12. The summed E-state index contributed by atoms with van der Waals surface area (Å²) in [6.45, 7) is 12.8. The van der Waals surface area contributed by atoms with Crippen molar-refractivity contribution in [1.29, 1.82) is 0 Å². The molecule has 0 aliphatic carbocycles. The Morgan fingerprint density at radius 3 is 1.88 bits per heavy atom. The number of aryl methyl sites for hydroxylation is 2. The van der Waals surface area contributed by atoms with Gasteiger partial charge in [0.2, 0.25) is 0 Å². The molecule has 0 N–H and O–H groups in total. The first kappa shape index (κ1) is 13.1. The van der Waals surface area contributed by atoms with Gasteiger partial charge in [-0.1, -0.05) is 48.8 Å². The predicted octanol–water partition coefficient (Wildman–Crippen LogP) is 4.22. The lowest BCUT2D eigenvalue weighted by atomic mass is 9.81. The van der Waals surface area contributed by atoms with Crippen molar-refractivity contribution in [2.75, 3.05) is 13.2 Å². The minimum absolute atomic E-state index is 0.0532. The van der Waals surface area contributed by atoms with Crippen LogP contribution in [-0.4, -0.2) is 13.2 Å². The Labute approximate surface area is 113 Å². The van der Waals surface area contributed by atoms with Crippen LogP contribution in [0.25, 0.3) is 0 Å². The fourth-order valence-corrected chi connectivity index (χ4v) is 3.48. The second kappa shape index (κ2) is 4.10. The minimum atomic E-state index is 0.0532. The normalized spacial score (nSPS) is 18.9. The molecule has 17 heavy (non-hydrogen) atoms. The highest BCUT2D eigenvalue weighted by atomic mass is 79.9. The van der Waals surface area contributed by atoms with Crippen molar-refractivity contribution in [3.63, 3.8) is 0 Å². The Hall–Kier alpha value is -0.340. The summed E-state index contributed by atoms with van der Waals surface area (Å²) in [6, 6.07) is 4.65. The summed E-state index contributed by atoms with van der Waals surface area (Å²) in [6.07, 6.45) is 0. The van der Waals surface area contributed by atoms with Crippen LogP contribution in [0.5, 0.6) is 0 Å². The molecule has 1 aromatic rings. The van der Waals surface area contributed by atoms with E-state index in [9.17, 15) is 0 Å². The predicted molar refractivity (Wildman–Crippen MR) is 76.0 cm³/mol. The first-order valence-electron chi connectivity index (χ1n) is 6.13. The van der Waals surface area contributed by atoms with Crippen molar-refractivity contribution >= 4 is 15.9 Å². The third-order valence-corrected chi connectivity index (χ3v) is 4.36. The minimum Gasteiger partial charge on any atom is -0.378 e. The van der Waals surface area contributed by atoms with Crippen LogP contribution >= 0.6 is 15.9 Å². The van der Waals surface area contributed by atoms with E-state index in [1.807, 2.05) is 0 Å². The van der Waals surface area contributed by atoms with Gasteiger partial charge in [0.25, 0.3) is 0 Å². The molecule has 1 saturated heterocycles. The molecule has 0 atom stereocenters.